The summed E-state index contributed by atoms with van der Waals surface area (Å²) in [6.45, 7) is 0. The van der Waals surface area contributed by atoms with Gasteiger partial charge >= 0.3 is 0 Å². The summed E-state index contributed by atoms with van der Waals surface area (Å²) in [6, 6.07) is 0. The Morgan fingerprint density at radius 2 is 2.43 bits per heavy atom. The molecular weight excluding hydrogens is 204 g/mol. The maximum absolute atomic E-state index is 10.6. The van der Waals surface area contributed by atoms with Crippen LogP contribution < -0.4 is 4.74 Å². The Morgan fingerprint density at radius 1 is 1.64 bits per heavy atom. The third kappa shape index (κ3) is 1.15. The van der Waals surface area contributed by atoms with Crippen LogP contribution >= 0.6 is 11.6 Å². The maximum atomic E-state index is 10.6. The summed E-state index contributed by atoms with van der Waals surface area (Å²) >= 11 is 5.83. The van der Waals surface area contributed by atoms with Crippen molar-refractivity contribution >= 4 is 28.8 Å². The van der Waals surface area contributed by atoms with Gasteiger partial charge in [0.25, 0.3) is 0 Å². The highest BCUT2D eigenvalue weighted by molar-refractivity contribution is 6.34. The van der Waals surface area contributed by atoms with E-state index in [4.69, 9.17) is 16.3 Å². The minimum absolute atomic E-state index is 0.308. The minimum Gasteiger partial charge on any atom is -0.494 e. The van der Waals surface area contributed by atoms with Crippen molar-refractivity contribution in [3.63, 3.8) is 0 Å². The van der Waals surface area contributed by atoms with Crippen molar-refractivity contribution in [2.24, 2.45) is 0 Å². The van der Waals surface area contributed by atoms with E-state index in [0.717, 1.165) is 0 Å². The number of fused-ring (bicyclic) bond motifs is 1. The molecular formula is C9H6ClN2O2. The highest BCUT2D eigenvalue weighted by Gasteiger charge is 2.12. The van der Waals surface area contributed by atoms with Gasteiger partial charge in [0.2, 0.25) is 6.29 Å². The number of rotatable bonds is 2. The first-order chi connectivity index (χ1) is 6.77. The number of aromatic nitrogens is 2. The third-order valence-electron chi connectivity index (χ3n) is 1.96. The molecule has 71 valence electrons. The molecule has 0 spiro atoms. The monoisotopic (exact) mass is 209 g/mol. The number of hydrogen-bond donors (Lipinski definition) is 1. The molecule has 2 aromatic heterocycles. The van der Waals surface area contributed by atoms with Crippen LogP contribution in [0.25, 0.3) is 10.9 Å². The van der Waals surface area contributed by atoms with Gasteiger partial charge in [-0.3, -0.25) is 4.79 Å². The molecule has 4 nitrogen and oxygen atoms in total. The van der Waals surface area contributed by atoms with Crippen LogP contribution in [-0.4, -0.2) is 23.4 Å². The highest BCUT2D eigenvalue weighted by atomic mass is 35.5. The molecule has 2 aromatic rings. The molecule has 0 saturated heterocycles. The number of carbonyl (C=O) groups excluding carboxylic acids is 1. The van der Waals surface area contributed by atoms with Crippen molar-refractivity contribution in [1.29, 1.82) is 0 Å². The van der Waals surface area contributed by atoms with Crippen LogP contribution in [0.1, 0.15) is 5.56 Å². The number of nitrogens with one attached hydrogen (secondary N) is 1. The first kappa shape index (κ1) is 9.02. The molecule has 0 unspecified atom stereocenters. The smallest absolute Gasteiger partial charge is 0.235 e. The van der Waals surface area contributed by atoms with Gasteiger partial charge in [-0.1, -0.05) is 11.6 Å². The van der Waals surface area contributed by atoms with Gasteiger partial charge in [0, 0.05) is 6.20 Å². The number of H-pyrrole nitrogens is 1. The Labute approximate surface area is 84.9 Å². The Balaban J connectivity index is 2.88. The second-order valence-corrected chi connectivity index (χ2v) is 3.03. The molecule has 0 aliphatic heterocycles. The first-order valence-electron chi connectivity index (χ1n) is 3.85. The molecule has 0 bridgehead atoms. The maximum Gasteiger partial charge on any atom is 0.235 e. The zero-order chi connectivity index (χ0) is 10.1. The van der Waals surface area contributed by atoms with E-state index in [2.05, 4.69) is 9.97 Å². The van der Waals surface area contributed by atoms with Crippen molar-refractivity contribution in [2.75, 3.05) is 7.11 Å². The molecule has 0 atom stereocenters. The number of ether oxygens (including phenoxy) is 1. The third-order valence-corrected chi connectivity index (χ3v) is 2.24. The van der Waals surface area contributed by atoms with E-state index >= 15 is 0 Å². The van der Waals surface area contributed by atoms with Crippen molar-refractivity contribution < 1.29 is 9.53 Å². The van der Waals surface area contributed by atoms with Gasteiger partial charge < -0.3 is 9.72 Å². The summed E-state index contributed by atoms with van der Waals surface area (Å²) in [4.78, 5) is 17.3. The lowest BCUT2D eigenvalue weighted by molar-refractivity contribution is 0.418. The van der Waals surface area contributed by atoms with Gasteiger partial charge in [-0.2, -0.15) is 0 Å². The summed E-state index contributed by atoms with van der Waals surface area (Å²) < 4.78 is 5.06. The van der Waals surface area contributed by atoms with Crippen LogP contribution in [0.15, 0.2) is 12.4 Å². The fourth-order valence-electron chi connectivity index (χ4n) is 1.32. The molecule has 5 heteroatoms. The van der Waals surface area contributed by atoms with Gasteiger partial charge in [-0.05, 0) is 0 Å². The van der Waals surface area contributed by atoms with E-state index in [9.17, 15) is 4.79 Å². The molecule has 2 heterocycles. The Morgan fingerprint density at radius 3 is 3.07 bits per heavy atom. The van der Waals surface area contributed by atoms with Crippen molar-refractivity contribution in [2.45, 2.75) is 0 Å². The van der Waals surface area contributed by atoms with Crippen molar-refractivity contribution in [3.05, 3.63) is 23.1 Å². The molecule has 0 saturated carbocycles. The second kappa shape index (κ2) is 3.31. The SMILES string of the molecule is COc1cnc(Cl)c2[nH]cc([C]=O)c12. The summed E-state index contributed by atoms with van der Waals surface area (Å²) in [7, 11) is 1.51. The molecule has 0 aliphatic carbocycles. The van der Waals surface area contributed by atoms with Gasteiger partial charge in [0.1, 0.15) is 5.75 Å². The molecule has 0 aliphatic rings. The number of aromatic amines is 1. The topological polar surface area (TPSA) is 55.0 Å². The normalized spacial score (nSPS) is 10.4. The van der Waals surface area contributed by atoms with E-state index in [-0.39, 0.29) is 0 Å². The molecule has 2 rings (SSSR count). The van der Waals surface area contributed by atoms with E-state index in [1.54, 1.807) is 6.29 Å². The molecule has 0 amide bonds. The van der Waals surface area contributed by atoms with Crippen LogP contribution in [0.3, 0.4) is 0 Å². The number of hydrogen-bond acceptors (Lipinski definition) is 3. The number of nitrogens with zero attached hydrogens (tertiary/aromatic N) is 1. The molecule has 14 heavy (non-hydrogen) atoms. The van der Waals surface area contributed by atoms with Crippen LogP contribution in [0, 0.1) is 0 Å². The average molecular weight is 210 g/mol. The standard InChI is InChI=1S/C9H6ClN2O2/c1-14-6-3-12-9(10)8-7(6)5(4-13)2-11-8/h2-3,11H,1H3. The zero-order valence-electron chi connectivity index (χ0n) is 7.30. The van der Waals surface area contributed by atoms with E-state index in [0.29, 0.717) is 27.4 Å². The van der Waals surface area contributed by atoms with Gasteiger partial charge in [-0.15, -0.1) is 0 Å². The first-order valence-corrected chi connectivity index (χ1v) is 4.23. The number of pyridine rings is 1. The predicted molar refractivity (Wildman–Crippen MR) is 52.5 cm³/mol. The largest absolute Gasteiger partial charge is 0.494 e. The van der Waals surface area contributed by atoms with E-state index < -0.39 is 0 Å². The van der Waals surface area contributed by atoms with Crippen LogP contribution in [0.4, 0.5) is 0 Å². The molecule has 1 radical (unpaired) electrons. The predicted octanol–water partition coefficient (Wildman–Crippen LogP) is 1.68. The van der Waals surface area contributed by atoms with Crippen LogP contribution in [0.2, 0.25) is 5.15 Å². The summed E-state index contributed by atoms with van der Waals surface area (Å²) in [5, 5.41) is 0.921. The van der Waals surface area contributed by atoms with Gasteiger partial charge in [0.05, 0.1) is 29.8 Å². The second-order valence-electron chi connectivity index (χ2n) is 2.67. The highest BCUT2D eigenvalue weighted by Crippen LogP contribution is 2.30. The number of halogens is 1. The van der Waals surface area contributed by atoms with Crippen LogP contribution in [-0.2, 0) is 4.79 Å². The quantitative estimate of drug-likeness (QED) is 0.766. The Hall–Kier alpha value is -1.55. The summed E-state index contributed by atoms with van der Waals surface area (Å²) in [6.07, 6.45) is 4.80. The fraction of sp³-hybridized carbons (Fsp3) is 0.111. The summed E-state index contributed by atoms with van der Waals surface area (Å²) in [5.41, 5.74) is 0.977. The van der Waals surface area contributed by atoms with Crippen LogP contribution in [0.5, 0.6) is 5.75 Å². The van der Waals surface area contributed by atoms with E-state index in [1.165, 1.54) is 19.5 Å². The molecule has 0 aromatic carbocycles. The average Bonchev–Trinajstić information content (AvgIpc) is 2.63. The Kier molecular flexibility index (Phi) is 2.13. The lowest BCUT2D eigenvalue weighted by atomic mass is 10.2. The molecule has 0 fully saturated rings. The summed E-state index contributed by atoms with van der Waals surface area (Å²) in [5.74, 6) is 0.504. The van der Waals surface area contributed by atoms with Crippen molar-refractivity contribution in [1.82, 2.24) is 9.97 Å². The lowest BCUT2D eigenvalue weighted by Gasteiger charge is -2.01. The van der Waals surface area contributed by atoms with Gasteiger partial charge in [0.15, 0.2) is 5.15 Å². The van der Waals surface area contributed by atoms with Crippen molar-refractivity contribution in [3.8, 4) is 5.75 Å². The Bertz CT molecular complexity index is 493. The number of methoxy groups -OCH3 is 1. The lowest BCUT2D eigenvalue weighted by Crippen LogP contribution is -1.88. The molecule has 1 N–H and O–H groups in total. The zero-order valence-corrected chi connectivity index (χ0v) is 8.05. The minimum atomic E-state index is 0.308. The fourth-order valence-corrected chi connectivity index (χ4v) is 1.52. The van der Waals surface area contributed by atoms with Gasteiger partial charge in [-0.25, -0.2) is 4.98 Å². The van der Waals surface area contributed by atoms with E-state index in [1.807, 2.05) is 0 Å².